The van der Waals surface area contributed by atoms with E-state index in [4.69, 9.17) is 14.2 Å². The van der Waals surface area contributed by atoms with Crippen molar-refractivity contribution < 1.29 is 28.9 Å². The lowest BCUT2D eigenvalue weighted by Crippen LogP contribution is -2.29. The van der Waals surface area contributed by atoms with Gasteiger partial charge in [0.25, 0.3) is 11.7 Å². The summed E-state index contributed by atoms with van der Waals surface area (Å²) in [5, 5.41) is 11.5. The number of aromatic nitrogens is 1. The molecular formula is C32H34N2O6. The zero-order valence-corrected chi connectivity index (χ0v) is 23.2. The van der Waals surface area contributed by atoms with Crippen molar-refractivity contribution in [2.45, 2.75) is 52.3 Å². The van der Waals surface area contributed by atoms with Gasteiger partial charge in [-0.15, -0.1) is 0 Å². The Balaban J connectivity index is 1.59. The van der Waals surface area contributed by atoms with Crippen molar-refractivity contribution in [1.82, 2.24) is 9.88 Å². The molecular weight excluding hydrogens is 508 g/mol. The Kier molecular flexibility index (Phi) is 7.78. The molecule has 2 aliphatic rings. The molecule has 2 atom stereocenters. The molecule has 1 amide bonds. The van der Waals surface area contributed by atoms with E-state index < -0.39 is 17.7 Å². The fraction of sp³-hybridized carbons (Fsp3) is 0.344. The third kappa shape index (κ3) is 5.39. The summed E-state index contributed by atoms with van der Waals surface area (Å²) < 4.78 is 17.4. The number of hydrogen-bond acceptors (Lipinski definition) is 7. The number of aliphatic hydroxyl groups excluding tert-OH is 1. The highest BCUT2D eigenvalue weighted by atomic mass is 16.5. The monoisotopic (exact) mass is 542 g/mol. The van der Waals surface area contributed by atoms with E-state index in [1.54, 1.807) is 55.9 Å². The molecule has 1 N–H and O–H groups in total. The van der Waals surface area contributed by atoms with E-state index in [1.807, 2.05) is 19.1 Å². The van der Waals surface area contributed by atoms with Gasteiger partial charge in [-0.2, -0.15) is 0 Å². The number of benzene rings is 2. The lowest BCUT2D eigenvalue weighted by atomic mass is 9.94. The van der Waals surface area contributed by atoms with Crippen molar-refractivity contribution in [1.29, 1.82) is 0 Å². The number of ether oxygens (including phenoxy) is 3. The molecule has 2 unspecified atom stereocenters. The van der Waals surface area contributed by atoms with Gasteiger partial charge in [0, 0.05) is 30.9 Å². The summed E-state index contributed by atoms with van der Waals surface area (Å²) in [6, 6.07) is 13.5. The van der Waals surface area contributed by atoms with E-state index in [0.29, 0.717) is 41.6 Å². The van der Waals surface area contributed by atoms with Gasteiger partial charge in [-0.25, -0.2) is 0 Å². The summed E-state index contributed by atoms with van der Waals surface area (Å²) in [6.07, 6.45) is 4.90. The Morgan fingerprint density at radius 2 is 1.88 bits per heavy atom. The van der Waals surface area contributed by atoms with Crippen molar-refractivity contribution in [3.05, 3.63) is 88.8 Å². The first-order chi connectivity index (χ1) is 19.3. The number of hydrogen-bond donors (Lipinski definition) is 1. The summed E-state index contributed by atoms with van der Waals surface area (Å²) in [5.74, 6) is 0.670. The number of pyridine rings is 1. The molecule has 1 fully saturated rings. The van der Waals surface area contributed by atoms with E-state index in [9.17, 15) is 14.7 Å². The second kappa shape index (κ2) is 11.4. The first kappa shape index (κ1) is 27.2. The number of carbonyl (C=O) groups excluding carboxylic acids is 2. The fourth-order valence-corrected chi connectivity index (χ4v) is 5.18. The Bertz CT molecular complexity index is 1450. The average molecular weight is 543 g/mol. The molecule has 5 rings (SSSR count). The summed E-state index contributed by atoms with van der Waals surface area (Å²) >= 11 is 0. The third-order valence-electron chi connectivity index (χ3n) is 7.27. The van der Waals surface area contributed by atoms with Crippen LogP contribution in [0.4, 0.5) is 0 Å². The van der Waals surface area contributed by atoms with Crippen LogP contribution in [0.15, 0.2) is 66.5 Å². The van der Waals surface area contributed by atoms with Crippen LogP contribution < -0.4 is 14.2 Å². The smallest absolute Gasteiger partial charge is 0.295 e. The minimum absolute atomic E-state index is 0.0292. The molecule has 1 saturated heterocycles. The van der Waals surface area contributed by atoms with Gasteiger partial charge in [0.15, 0.2) is 11.5 Å². The summed E-state index contributed by atoms with van der Waals surface area (Å²) in [4.78, 5) is 32.5. The Labute approximate surface area is 234 Å². The van der Waals surface area contributed by atoms with Gasteiger partial charge in [0.1, 0.15) is 17.6 Å². The average Bonchev–Trinajstić information content (AvgIpc) is 3.44. The number of ketones is 1. The topological polar surface area (TPSA) is 98.2 Å². The summed E-state index contributed by atoms with van der Waals surface area (Å²) in [7, 11) is 1.55. The van der Waals surface area contributed by atoms with E-state index in [0.717, 1.165) is 23.3 Å². The third-order valence-corrected chi connectivity index (χ3v) is 7.27. The van der Waals surface area contributed by atoms with Crippen LogP contribution in [0.5, 0.6) is 17.2 Å². The van der Waals surface area contributed by atoms with Crippen LogP contribution in [0.3, 0.4) is 0 Å². The maximum absolute atomic E-state index is 13.5. The van der Waals surface area contributed by atoms with Gasteiger partial charge in [-0.1, -0.05) is 19.9 Å². The lowest BCUT2D eigenvalue weighted by molar-refractivity contribution is -0.140. The van der Waals surface area contributed by atoms with Crippen molar-refractivity contribution in [3.8, 4) is 17.2 Å². The number of likely N-dealkylation sites (tertiary alicyclic amines) is 1. The van der Waals surface area contributed by atoms with Crippen molar-refractivity contribution in [2.24, 2.45) is 5.92 Å². The maximum Gasteiger partial charge on any atom is 0.295 e. The number of aliphatic hydroxyl groups is 1. The van der Waals surface area contributed by atoms with Gasteiger partial charge < -0.3 is 24.2 Å². The van der Waals surface area contributed by atoms with Crippen LogP contribution in [0.1, 0.15) is 55.5 Å². The first-order valence-electron chi connectivity index (χ1n) is 13.5. The zero-order valence-electron chi connectivity index (χ0n) is 23.2. The minimum Gasteiger partial charge on any atom is -0.507 e. The molecule has 1 aromatic heterocycles. The molecule has 8 heteroatoms. The molecule has 3 aromatic rings. The predicted octanol–water partition coefficient (Wildman–Crippen LogP) is 5.46. The maximum atomic E-state index is 13.5. The SMILES string of the molecule is COc1cc(C2/C(=C(\O)c3ccc4c(c3)CC(C)O4)C(=O)C(=O)N2Cc2ccncc2)ccc1OCCC(C)C. The molecule has 2 aromatic carbocycles. The second-order valence-corrected chi connectivity index (χ2v) is 10.7. The molecule has 0 radical (unpaired) electrons. The number of carbonyl (C=O) groups is 2. The van der Waals surface area contributed by atoms with Crippen molar-refractivity contribution >= 4 is 17.4 Å². The van der Waals surface area contributed by atoms with Gasteiger partial charge in [0.2, 0.25) is 0 Å². The van der Waals surface area contributed by atoms with Gasteiger partial charge in [0.05, 0.1) is 25.3 Å². The molecule has 0 bridgehead atoms. The Morgan fingerprint density at radius 3 is 2.60 bits per heavy atom. The van der Waals surface area contributed by atoms with Crippen LogP contribution in [-0.4, -0.2) is 46.5 Å². The molecule has 40 heavy (non-hydrogen) atoms. The molecule has 0 spiro atoms. The first-order valence-corrected chi connectivity index (χ1v) is 13.5. The molecule has 8 nitrogen and oxygen atoms in total. The number of amides is 1. The number of Topliss-reactive ketones (excluding diaryl/α,β-unsaturated/α-hetero) is 1. The van der Waals surface area contributed by atoms with E-state index in [2.05, 4.69) is 18.8 Å². The van der Waals surface area contributed by atoms with Crippen LogP contribution in [-0.2, 0) is 22.6 Å². The Morgan fingerprint density at radius 1 is 1.10 bits per heavy atom. The predicted molar refractivity (Wildman–Crippen MR) is 150 cm³/mol. The quantitative estimate of drug-likeness (QED) is 0.218. The number of rotatable bonds is 9. The minimum atomic E-state index is -0.838. The van der Waals surface area contributed by atoms with E-state index in [1.165, 1.54) is 4.90 Å². The standard InChI is InChI=1S/C32H34N2O6/c1-19(2)11-14-39-26-8-5-22(17-27(26)38-4)29-28(30(35)23-6-7-25-24(16-23)15-20(3)40-25)31(36)32(37)34(29)18-21-9-12-33-13-10-21/h5-10,12-13,16-17,19-20,29,35H,11,14-15,18H2,1-4H3/b30-28+. The second-order valence-electron chi connectivity index (χ2n) is 10.7. The largest absolute Gasteiger partial charge is 0.507 e. The van der Waals surface area contributed by atoms with E-state index in [-0.39, 0.29) is 24.0 Å². The molecule has 0 aliphatic carbocycles. The summed E-state index contributed by atoms with van der Waals surface area (Å²) in [5.41, 5.74) is 2.88. The normalized spacial score (nSPS) is 19.6. The lowest BCUT2D eigenvalue weighted by Gasteiger charge is -2.26. The van der Waals surface area contributed by atoms with Crippen molar-refractivity contribution in [3.63, 3.8) is 0 Å². The number of nitrogens with zero attached hydrogens (tertiary/aromatic N) is 2. The molecule has 0 saturated carbocycles. The number of fused-ring (bicyclic) bond motifs is 1. The Hall–Kier alpha value is -4.33. The van der Waals surface area contributed by atoms with Crippen LogP contribution in [0, 0.1) is 5.92 Å². The molecule has 2 aliphatic heterocycles. The van der Waals surface area contributed by atoms with Crippen LogP contribution in [0.25, 0.3) is 5.76 Å². The van der Waals surface area contributed by atoms with Crippen LogP contribution in [0.2, 0.25) is 0 Å². The highest BCUT2D eigenvalue weighted by Gasteiger charge is 2.46. The highest BCUT2D eigenvalue weighted by Crippen LogP contribution is 2.43. The highest BCUT2D eigenvalue weighted by molar-refractivity contribution is 6.46. The van der Waals surface area contributed by atoms with Gasteiger partial charge in [-0.05, 0) is 78.4 Å². The van der Waals surface area contributed by atoms with Crippen molar-refractivity contribution in [2.75, 3.05) is 13.7 Å². The molecule has 3 heterocycles. The zero-order chi connectivity index (χ0) is 28.4. The van der Waals surface area contributed by atoms with Gasteiger partial charge >= 0.3 is 0 Å². The van der Waals surface area contributed by atoms with Crippen LogP contribution >= 0.6 is 0 Å². The van der Waals surface area contributed by atoms with E-state index >= 15 is 0 Å². The fourth-order valence-electron chi connectivity index (χ4n) is 5.18. The summed E-state index contributed by atoms with van der Waals surface area (Å²) in [6.45, 7) is 6.94. The molecule has 208 valence electrons. The number of methoxy groups -OCH3 is 1. The van der Waals surface area contributed by atoms with Gasteiger partial charge in [-0.3, -0.25) is 14.6 Å².